The fraction of sp³-hybridized carbons (Fsp3) is 0.667. The second-order valence-electron chi connectivity index (χ2n) is 4.56. The number of ketones is 1. The highest BCUT2D eigenvalue weighted by Gasteiger charge is 2.28. The van der Waals surface area contributed by atoms with Gasteiger partial charge in [0, 0.05) is 36.5 Å². The van der Waals surface area contributed by atoms with Gasteiger partial charge in [0.25, 0.3) is 0 Å². The second kappa shape index (κ2) is 4.63. The molecule has 1 saturated heterocycles. The van der Waals surface area contributed by atoms with Crippen molar-refractivity contribution in [2.45, 2.75) is 45.7 Å². The molecule has 1 aliphatic heterocycles. The third-order valence-corrected chi connectivity index (χ3v) is 4.32. The van der Waals surface area contributed by atoms with E-state index < -0.39 is 0 Å². The van der Waals surface area contributed by atoms with Crippen molar-refractivity contribution >= 4 is 17.1 Å². The average Bonchev–Trinajstić information content (AvgIpc) is 2.64. The normalized spacial score (nSPS) is 24.7. The summed E-state index contributed by atoms with van der Waals surface area (Å²) >= 11 is 1.75. The first-order valence-corrected chi connectivity index (χ1v) is 6.59. The van der Waals surface area contributed by atoms with Gasteiger partial charge in [0.2, 0.25) is 0 Å². The maximum atomic E-state index is 11.3. The van der Waals surface area contributed by atoms with Gasteiger partial charge in [-0.05, 0) is 20.8 Å². The van der Waals surface area contributed by atoms with Crippen LogP contribution in [0.15, 0.2) is 6.20 Å². The smallest absolute Gasteiger partial charge is 0.135 e. The monoisotopic (exact) mass is 238 g/mol. The van der Waals surface area contributed by atoms with E-state index in [-0.39, 0.29) is 0 Å². The van der Waals surface area contributed by atoms with Crippen molar-refractivity contribution in [3.63, 3.8) is 0 Å². The Labute approximate surface area is 100 Å². The van der Waals surface area contributed by atoms with Crippen LogP contribution in [0.3, 0.4) is 0 Å². The van der Waals surface area contributed by atoms with E-state index in [0.717, 1.165) is 6.54 Å². The molecule has 2 atom stereocenters. The molecular weight excluding hydrogens is 220 g/mol. The molecule has 0 aliphatic carbocycles. The van der Waals surface area contributed by atoms with Crippen LogP contribution in [0, 0.1) is 6.92 Å². The van der Waals surface area contributed by atoms with E-state index >= 15 is 0 Å². The van der Waals surface area contributed by atoms with Gasteiger partial charge in [-0.2, -0.15) is 0 Å². The van der Waals surface area contributed by atoms with E-state index in [4.69, 9.17) is 0 Å². The molecule has 2 heterocycles. The van der Waals surface area contributed by atoms with Gasteiger partial charge >= 0.3 is 0 Å². The summed E-state index contributed by atoms with van der Waals surface area (Å²) < 4.78 is 0. The first-order chi connectivity index (χ1) is 7.58. The number of hydrogen-bond acceptors (Lipinski definition) is 4. The standard InChI is InChI=1S/C12H18N2OS/c1-8-6-11(15)4-5-14(8)10(3)12-13-7-9(2)16-12/h7-8,10H,4-6H2,1-3H3. The minimum Gasteiger partial charge on any atom is -0.300 e. The number of rotatable bonds is 2. The van der Waals surface area contributed by atoms with Crippen molar-refractivity contribution in [1.82, 2.24) is 9.88 Å². The van der Waals surface area contributed by atoms with Crippen molar-refractivity contribution in [2.24, 2.45) is 0 Å². The Morgan fingerprint density at radius 2 is 2.38 bits per heavy atom. The molecular formula is C12H18N2OS. The molecule has 1 aromatic heterocycles. The first-order valence-electron chi connectivity index (χ1n) is 5.77. The molecule has 1 aromatic rings. The summed E-state index contributed by atoms with van der Waals surface area (Å²) in [6, 6.07) is 0.683. The number of aryl methyl sites for hydroxylation is 1. The van der Waals surface area contributed by atoms with Gasteiger partial charge in [0.1, 0.15) is 10.8 Å². The topological polar surface area (TPSA) is 33.2 Å². The molecule has 0 saturated carbocycles. The molecule has 88 valence electrons. The fourth-order valence-corrected chi connectivity index (χ4v) is 3.15. The Bertz CT molecular complexity index is 388. The number of hydrogen-bond donors (Lipinski definition) is 0. The predicted molar refractivity (Wildman–Crippen MR) is 65.7 cm³/mol. The summed E-state index contributed by atoms with van der Waals surface area (Å²) in [5.41, 5.74) is 0. The lowest BCUT2D eigenvalue weighted by Crippen LogP contribution is -2.42. The molecule has 2 rings (SSSR count). The van der Waals surface area contributed by atoms with Gasteiger partial charge in [-0.25, -0.2) is 4.98 Å². The third kappa shape index (κ3) is 2.33. The summed E-state index contributed by atoms with van der Waals surface area (Å²) in [5.74, 6) is 0.395. The number of thiazole rings is 1. The Kier molecular flexibility index (Phi) is 3.40. The van der Waals surface area contributed by atoms with E-state index in [1.165, 1.54) is 9.88 Å². The highest BCUT2D eigenvalue weighted by Crippen LogP contribution is 2.29. The van der Waals surface area contributed by atoms with Crippen LogP contribution in [0.2, 0.25) is 0 Å². The number of likely N-dealkylation sites (tertiary alicyclic amines) is 1. The van der Waals surface area contributed by atoms with Crippen LogP contribution in [0.1, 0.15) is 42.6 Å². The van der Waals surface area contributed by atoms with Crippen LogP contribution in [0.25, 0.3) is 0 Å². The van der Waals surface area contributed by atoms with Crippen molar-refractivity contribution in [1.29, 1.82) is 0 Å². The number of carbonyl (C=O) groups is 1. The molecule has 0 bridgehead atoms. The number of piperidine rings is 1. The Morgan fingerprint density at radius 1 is 1.62 bits per heavy atom. The lowest BCUT2D eigenvalue weighted by atomic mass is 10.0. The lowest BCUT2D eigenvalue weighted by Gasteiger charge is -2.36. The number of aromatic nitrogens is 1. The van der Waals surface area contributed by atoms with Crippen LogP contribution in [0.5, 0.6) is 0 Å². The van der Waals surface area contributed by atoms with Crippen LogP contribution in [0.4, 0.5) is 0 Å². The zero-order valence-corrected chi connectivity index (χ0v) is 10.9. The van der Waals surface area contributed by atoms with E-state index in [2.05, 4.69) is 30.7 Å². The highest BCUT2D eigenvalue weighted by atomic mass is 32.1. The molecule has 16 heavy (non-hydrogen) atoms. The minimum atomic E-state index is 0.335. The summed E-state index contributed by atoms with van der Waals surface area (Å²) in [4.78, 5) is 19.4. The maximum Gasteiger partial charge on any atom is 0.135 e. The van der Waals surface area contributed by atoms with Crippen molar-refractivity contribution in [3.8, 4) is 0 Å². The zero-order valence-electron chi connectivity index (χ0n) is 10.1. The van der Waals surface area contributed by atoms with E-state index in [1.54, 1.807) is 11.3 Å². The Morgan fingerprint density at radius 3 is 2.94 bits per heavy atom. The van der Waals surface area contributed by atoms with E-state index in [9.17, 15) is 4.79 Å². The quantitative estimate of drug-likeness (QED) is 0.794. The molecule has 2 unspecified atom stereocenters. The molecule has 0 N–H and O–H groups in total. The predicted octanol–water partition coefficient (Wildman–Crippen LogP) is 2.57. The third-order valence-electron chi connectivity index (χ3n) is 3.23. The van der Waals surface area contributed by atoms with Gasteiger partial charge in [-0.15, -0.1) is 11.3 Å². The largest absolute Gasteiger partial charge is 0.300 e. The summed E-state index contributed by atoms with van der Waals surface area (Å²) in [7, 11) is 0. The van der Waals surface area contributed by atoms with Crippen LogP contribution >= 0.6 is 11.3 Å². The molecule has 0 spiro atoms. The van der Waals surface area contributed by atoms with Crippen LogP contribution < -0.4 is 0 Å². The first kappa shape index (κ1) is 11.7. The number of carbonyl (C=O) groups excluding carboxylic acids is 1. The average molecular weight is 238 g/mol. The molecule has 1 aliphatic rings. The zero-order chi connectivity index (χ0) is 11.7. The summed E-state index contributed by atoms with van der Waals surface area (Å²) in [6.45, 7) is 7.27. The fourth-order valence-electron chi connectivity index (χ4n) is 2.31. The van der Waals surface area contributed by atoms with Gasteiger partial charge < -0.3 is 0 Å². The SMILES string of the molecule is Cc1cnc(C(C)N2CCC(=O)CC2C)s1. The number of nitrogens with zero attached hydrogens (tertiary/aromatic N) is 2. The van der Waals surface area contributed by atoms with Crippen LogP contribution in [-0.4, -0.2) is 28.3 Å². The van der Waals surface area contributed by atoms with Crippen molar-refractivity contribution in [3.05, 3.63) is 16.1 Å². The van der Waals surface area contributed by atoms with E-state index in [1.807, 2.05) is 6.20 Å². The molecule has 3 nitrogen and oxygen atoms in total. The summed E-state index contributed by atoms with van der Waals surface area (Å²) in [5, 5.41) is 1.17. The molecule has 0 aromatic carbocycles. The lowest BCUT2D eigenvalue weighted by molar-refractivity contribution is -0.123. The van der Waals surface area contributed by atoms with Gasteiger partial charge in [0.15, 0.2) is 0 Å². The molecule has 4 heteroatoms. The number of Topliss-reactive ketones (excluding diaryl/α,β-unsaturated/α-hetero) is 1. The molecule has 0 radical (unpaired) electrons. The van der Waals surface area contributed by atoms with Crippen LogP contribution in [-0.2, 0) is 4.79 Å². The van der Waals surface area contributed by atoms with Gasteiger partial charge in [0.05, 0.1) is 6.04 Å². The minimum absolute atomic E-state index is 0.335. The Hall–Kier alpha value is -0.740. The Balaban J connectivity index is 2.09. The summed E-state index contributed by atoms with van der Waals surface area (Å²) in [6.07, 6.45) is 3.31. The van der Waals surface area contributed by atoms with Gasteiger partial charge in [-0.1, -0.05) is 0 Å². The molecule has 1 fully saturated rings. The highest BCUT2D eigenvalue weighted by molar-refractivity contribution is 7.11. The van der Waals surface area contributed by atoms with E-state index in [0.29, 0.717) is 30.7 Å². The van der Waals surface area contributed by atoms with Crippen molar-refractivity contribution < 1.29 is 4.79 Å². The second-order valence-corrected chi connectivity index (χ2v) is 5.83. The van der Waals surface area contributed by atoms with Crippen molar-refractivity contribution in [2.75, 3.05) is 6.54 Å². The molecule has 0 amide bonds. The van der Waals surface area contributed by atoms with Gasteiger partial charge in [-0.3, -0.25) is 9.69 Å². The maximum absolute atomic E-state index is 11.3.